The quantitative estimate of drug-likeness (QED) is 0.768. The van der Waals surface area contributed by atoms with Gasteiger partial charge < -0.3 is 10.2 Å². The van der Waals surface area contributed by atoms with Crippen LogP contribution in [0.1, 0.15) is 10.4 Å². The van der Waals surface area contributed by atoms with E-state index in [2.05, 4.69) is 10.4 Å². The van der Waals surface area contributed by atoms with Crippen molar-refractivity contribution in [2.45, 2.75) is 0 Å². The standard InChI is InChI=1S/C19H18F2N4O/c1-24-17-10-12(2-3-13(17)11-23-24)14-8-15(20)18(16(21)9-14)19(26)25-6-4-22-5-7-25/h2-3,8-11,22H,4-7H2,1H3. The lowest BCUT2D eigenvalue weighted by Crippen LogP contribution is -2.46. The molecule has 1 aromatic heterocycles. The van der Waals surface area contributed by atoms with Crippen molar-refractivity contribution in [1.29, 1.82) is 0 Å². The van der Waals surface area contributed by atoms with Gasteiger partial charge in [-0.2, -0.15) is 5.10 Å². The zero-order valence-corrected chi connectivity index (χ0v) is 14.3. The van der Waals surface area contributed by atoms with E-state index in [4.69, 9.17) is 0 Å². The summed E-state index contributed by atoms with van der Waals surface area (Å²) in [5, 5.41) is 8.22. The number of halogens is 2. The maximum absolute atomic E-state index is 14.6. The van der Waals surface area contributed by atoms with Crippen molar-refractivity contribution >= 4 is 16.8 Å². The van der Waals surface area contributed by atoms with Crippen molar-refractivity contribution in [3.05, 3.63) is 53.7 Å². The second-order valence-electron chi connectivity index (χ2n) is 6.40. The smallest absolute Gasteiger partial charge is 0.259 e. The summed E-state index contributed by atoms with van der Waals surface area (Å²) in [5.74, 6) is -2.28. The van der Waals surface area contributed by atoms with Crippen LogP contribution in [0.3, 0.4) is 0 Å². The van der Waals surface area contributed by atoms with Crippen LogP contribution in [0.2, 0.25) is 0 Å². The van der Waals surface area contributed by atoms with Crippen LogP contribution in [0.25, 0.3) is 22.0 Å². The Kier molecular flexibility index (Phi) is 4.16. The summed E-state index contributed by atoms with van der Waals surface area (Å²) in [7, 11) is 1.81. The highest BCUT2D eigenvalue weighted by Gasteiger charge is 2.25. The van der Waals surface area contributed by atoms with Gasteiger partial charge in [0.25, 0.3) is 5.91 Å². The van der Waals surface area contributed by atoms with E-state index in [0.29, 0.717) is 37.3 Å². The Labute approximate surface area is 149 Å². The first-order chi connectivity index (χ1) is 12.5. The first kappa shape index (κ1) is 16.7. The lowest BCUT2D eigenvalue weighted by Gasteiger charge is -2.27. The number of hydrogen-bond donors (Lipinski definition) is 1. The molecule has 0 aliphatic carbocycles. The number of hydrogen-bond acceptors (Lipinski definition) is 3. The Bertz CT molecular complexity index is 969. The molecule has 4 rings (SSSR count). The Morgan fingerprint density at radius 1 is 1.08 bits per heavy atom. The van der Waals surface area contributed by atoms with Crippen LogP contribution in [0.5, 0.6) is 0 Å². The fourth-order valence-corrected chi connectivity index (χ4v) is 3.29. The normalized spacial score (nSPS) is 14.8. The number of aromatic nitrogens is 2. The molecule has 0 bridgehead atoms. The highest BCUT2D eigenvalue weighted by molar-refractivity contribution is 5.95. The van der Waals surface area contributed by atoms with Crippen molar-refractivity contribution in [3.8, 4) is 11.1 Å². The molecule has 26 heavy (non-hydrogen) atoms. The van der Waals surface area contributed by atoms with Crippen molar-refractivity contribution in [2.75, 3.05) is 26.2 Å². The summed E-state index contributed by atoms with van der Waals surface area (Å²) in [6.45, 7) is 2.13. The molecule has 0 spiro atoms. The summed E-state index contributed by atoms with van der Waals surface area (Å²) in [6.07, 6.45) is 1.73. The predicted octanol–water partition coefficient (Wildman–Crippen LogP) is 2.56. The van der Waals surface area contributed by atoms with Crippen molar-refractivity contribution in [3.63, 3.8) is 0 Å². The van der Waals surface area contributed by atoms with Gasteiger partial charge >= 0.3 is 0 Å². The minimum Gasteiger partial charge on any atom is -0.336 e. The molecular weight excluding hydrogens is 338 g/mol. The third-order valence-corrected chi connectivity index (χ3v) is 4.74. The number of amides is 1. The van der Waals surface area contributed by atoms with Gasteiger partial charge in [-0.15, -0.1) is 0 Å². The van der Waals surface area contributed by atoms with Crippen LogP contribution in [0, 0.1) is 11.6 Å². The molecule has 134 valence electrons. The zero-order valence-electron chi connectivity index (χ0n) is 14.3. The average Bonchev–Trinajstić information content (AvgIpc) is 3.02. The van der Waals surface area contributed by atoms with Crippen molar-refractivity contribution in [1.82, 2.24) is 20.0 Å². The maximum Gasteiger partial charge on any atom is 0.259 e. The number of carbonyl (C=O) groups is 1. The average molecular weight is 356 g/mol. The van der Waals surface area contributed by atoms with Crippen molar-refractivity contribution in [2.24, 2.45) is 7.05 Å². The summed E-state index contributed by atoms with van der Waals surface area (Å²) in [4.78, 5) is 14.0. The van der Waals surface area contributed by atoms with Crippen LogP contribution in [0.4, 0.5) is 8.78 Å². The van der Waals surface area contributed by atoms with Gasteiger partial charge in [0.2, 0.25) is 0 Å². The monoisotopic (exact) mass is 356 g/mol. The molecule has 1 aliphatic rings. The Morgan fingerprint density at radius 3 is 2.46 bits per heavy atom. The molecule has 1 fully saturated rings. The van der Waals surface area contributed by atoms with E-state index in [-0.39, 0.29) is 0 Å². The van der Waals surface area contributed by atoms with Gasteiger partial charge in [-0.05, 0) is 29.3 Å². The van der Waals surface area contributed by atoms with E-state index < -0.39 is 23.1 Å². The third-order valence-electron chi connectivity index (χ3n) is 4.74. The van der Waals surface area contributed by atoms with Crippen LogP contribution >= 0.6 is 0 Å². The van der Waals surface area contributed by atoms with Crippen LogP contribution in [-0.2, 0) is 7.05 Å². The molecule has 5 nitrogen and oxygen atoms in total. The number of benzene rings is 2. The van der Waals surface area contributed by atoms with E-state index in [1.165, 1.54) is 17.0 Å². The Balaban J connectivity index is 1.72. The number of piperazine rings is 1. The van der Waals surface area contributed by atoms with E-state index in [9.17, 15) is 13.6 Å². The number of nitrogens with one attached hydrogen (secondary N) is 1. The first-order valence-corrected chi connectivity index (χ1v) is 8.46. The summed E-state index contributed by atoms with van der Waals surface area (Å²) in [5.41, 5.74) is 1.43. The van der Waals surface area contributed by atoms with Gasteiger partial charge in [0.15, 0.2) is 0 Å². The second kappa shape index (κ2) is 6.49. The highest BCUT2D eigenvalue weighted by Crippen LogP contribution is 2.28. The number of aryl methyl sites for hydroxylation is 1. The van der Waals surface area contributed by atoms with Crippen LogP contribution in [-0.4, -0.2) is 46.8 Å². The van der Waals surface area contributed by atoms with Crippen molar-refractivity contribution < 1.29 is 13.6 Å². The second-order valence-corrected chi connectivity index (χ2v) is 6.40. The minimum absolute atomic E-state index is 0.389. The minimum atomic E-state index is -0.839. The molecule has 1 saturated heterocycles. The summed E-state index contributed by atoms with van der Waals surface area (Å²) in [6, 6.07) is 7.91. The fraction of sp³-hybridized carbons (Fsp3) is 0.263. The highest BCUT2D eigenvalue weighted by atomic mass is 19.1. The predicted molar refractivity (Wildman–Crippen MR) is 94.8 cm³/mol. The topological polar surface area (TPSA) is 50.2 Å². The van der Waals surface area contributed by atoms with Gasteiger partial charge in [0, 0.05) is 38.6 Å². The molecule has 2 aromatic carbocycles. The summed E-state index contributed by atoms with van der Waals surface area (Å²) >= 11 is 0. The van der Waals surface area contributed by atoms with Gasteiger partial charge in [-0.25, -0.2) is 8.78 Å². The molecule has 3 aromatic rings. The van der Waals surface area contributed by atoms with E-state index >= 15 is 0 Å². The van der Waals surface area contributed by atoms with Crippen LogP contribution in [0.15, 0.2) is 36.5 Å². The van der Waals surface area contributed by atoms with E-state index in [1.807, 2.05) is 19.2 Å². The molecule has 0 unspecified atom stereocenters. The first-order valence-electron chi connectivity index (χ1n) is 8.46. The molecule has 0 radical (unpaired) electrons. The van der Waals surface area contributed by atoms with Gasteiger partial charge in [-0.3, -0.25) is 9.48 Å². The Hall–Kier alpha value is -2.80. The molecule has 7 heteroatoms. The molecule has 1 amide bonds. The van der Waals surface area contributed by atoms with Gasteiger partial charge in [-0.1, -0.05) is 12.1 Å². The SMILES string of the molecule is Cn1ncc2ccc(-c3cc(F)c(C(=O)N4CCNCC4)c(F)c3)cc21. The maximum atomic E-state index is 14.6. The summed E-state index contributed by atoms with van der Waals surface area (Å²) < 4.78 is 30.9. The number of rotatable bonds is 2. The lowest BCUT2D eigenvalue weighted by molar-refractivity contribution is 0.0726. The molecule has 1 N–H and O–H groups in total. The lowest BCUT2D eigenvalue weighted by atomic mass is 10.0. The number of nitrogens with zero attached hydrogens (tertiary/aromatic N) is 3. The van der Waals surface area contributed by atoms with E-state index in [1.54, 1.807) is 16.9 Å². The van der Waals surface area contributed by atoms with Gasteiger partial charge in [0.1, 0.15) is 17.2 Å². The molecule has 1 aliphatic heterocycles. The van der Waals surface area contributed by atoms with Gasteiger partial charge in [0.05, 0.1) is 11.7 Å². The molecule has 0 saturated carbocycles. The molecule has 0 atom stereocenters. The zero-order chi connectivity index (χ0) is 18.3. The largest absolute Gasteiger partial charge is 0.336 e. The Morgan fingerprint density at radius 2 is 1.77 bits per heavy atom. The van der Waals surface area contributed by atoms with Crippen LogP contribution < -0.4 is 5.32 Å². The van der Waals surface area contributed by atoms with E-state index in [0.717, 1.165) is 10.9 Å². The number of carbonyl (C=O) groups excluding carboxylic acids is 1. The third kappa shape index (κ3) is 2.84. The molecular formula is C19H18F2N4O. The molecule has 2 heterocycles. The fourth-order valence-electron chi connectivity index (χ4n) is 3.29. The number of fused-ring (bicyclic) bond motifs is 1.